The first-order valence-electron chi connectivity index (χ1n) is 5.22. The fraction of sp³-hybridized carbons (Fsp3) is 0. The summed E-state index contributed by atoms with van der Waals surface area (Å²) < 4.78 is 39.4. The van der Waals surface area contributed by atoms with Crippen LogP contribution in [0.25, 0.3) is 0 Å². The van der Waals surface area contributed by atoms with E-state index < -0.39 is 15.8 Å². The first-order chi connectivity index (χ1) is 8.88. The molecular weight excluding hydrogens is 291 g/mol. The Morgan fingerprint density at radius 2 is 1.74 bits per heavy atom. The van der Waals surface area contributed by atoms with E-state index in [1.165, 1.54) is 12.1 Å². The zero-order valence-electron chi connectivity index (χ0n) is 9.60. The number of nitrogen functional groups attached to an aromatic ring is 1. The maximum Gasteiger partial charge on any atom is 0.261 e. The van der Waals surface area contributed by atoms with Gasteiger partial charge in [0.1, 0.15) is 5.82 Å². The minimum atomic E-state index is -3.81. The largest absolute Gasteiger partial charge is 0.399 e. The first kappa shape index (κ1) is 13.6. The molecule has 0 heterocycles. The van der Waals surface area contributed by atoms with Crippen LogP contribution >= 0.6 is 11.6 Å². The monoisotopic (exact) mass is 300 g/mol. The molecule has 0 aliphatic carbocycles. The SMILES string of the molecule is Nc1ccc(NS(=O)(=O)c2ccc(F)c(Cl)c2)cc1. The van der Waals surface area contributed by atoms with E-state index in [0.29, 0.717) is 11.4 Å². The van der Waals surface area contributed by atoms with Crippen molar-refractivity contribution < 1.29 is 12.8 Å². The summed E-state index contributed by atoms with van der Waals surface area (Å²) in [7, 11) is -3.81. The second-order valence-corrected chi connectivity index (χ2v) is 5.89. The Kier molecular flexibility index (Phi) is 3.64. The van der Waals surface area contributed by atoms with Gasteiger partial charge in [-0.2, -0.15) is 0 Å². The van der Waals surface area contributed by atoms with E-state index in [4.69, 9.17) is 17.3 Å². The molecule has 100 valence electrons. The van der Waals surface area contributed by atoms with E-state index >= 15 is 0 Å². The molecule has 3 N–H and O–H groups in total. The van der Waals surface area contributed by atoms with Crippen molar-refractivity contribution in [3.05, 3.63) is 53.3 Å². The quantitative estimate of drug-likeness (QED) is 0.856. The Morgan fingerprint density at radius 3 is 2.32 bits per heavy atom. The minimum Gasteiger partial charge on any atom is -0.399 e. The molecule has 0 aliphatic heterocycles. The van der Waals surface area contributed by atoms with Gasteiger partial charge in [0.25, 0.3) is 10.0 Å². The number of benzene rings is 2. The summed E-state index contributed by atoms with van der Waals surface area (Å²) in [5, 5.41) is -0.250. The number of halogens is 2. The topological polar surface area (TPSA) is 72.2 Å². The van der Waals surface area contributed by atoms with Gasteiger partial charge in [0, 0.05) is 11.4 Å². The second-order valence-electron chi connectivity index (χ2n) is 3.80. The summed E-state index contributed by atoms with van der Waals surface area (Å²) in [6, 6.07) is 9.37. The van der Waals surface area contributed by atoms with Crippen LogP contribution in [0, 0.1) is 5.82 Å². The van der Waals surface area contributed by atoms with E-state index in [1.54, 1.807) is 12.1 Å². The third-order valence-electron chi connectivity index (χ3n) is 2.36. The van der Waals surface area contributed by atoms with Gasteiger partial charge in [0.2, 0.25) is 0 Å². The van der Waals surface area contributed by atoms with E-state index in [1.807, 2.05) is 0 Å². The van der Waals surface area contributed by atoms with Gasteiger partial charge in [-0.25, -0.2) is 12.8 Å². The van der Waals surface area contributed by atoms with Crippen LogP contribution in [0.3, 0.4) is 0 Å². The third kappa shape index (κ3) is 3.15. The van der Waals surface area contributed by atoms with Crippen LogP contribution in [0.4, 0.5) is 15.8 Å². The lowest BCUT2D eigenvalue weighted by Crippen LogP contribution is -2.13. The average Bonchev–Trinajstić information content (AvgIpc) is 2.35. The van der Waals surface area contributed by atoms with Gasteiger partial charge < -0.3 is 5.73 Å². The second kappa shape index (κ2) is 5.07. The van der Waals surface area contributed by atoms with Crippen LogP contribution in [-0.2, 0) is 10.0 Å². The summed E-state index contributed by atoms with van der Waals surface area (Å²) in [5.41, 5.74) is 6.38. The number of nitrogens with one attached hydrogen (secondary N) is 1. The minimum absolute atomic E-state index is 0.115. The molecule has 2 aromatic rings. The Hall–Kier alpha value is -1.79. The van der Waals surface area contributed by atoms with Crippen molar-refractivity contribution in [1.82, 2.24) is 0 Å². The standard InChI is InChI=1S/C12H10ClFN2O2S/c13-11-7-10(5-6-12(11)14)19(17,18)16-9-3-1-8(15)2-4-9/h1-7,16H,15H2. The van der Waals surface area contributed by atoms with E-state index in [-0.39, 0.29) is 9.92 Å². The molecule has 4 nitrogen and oxygen atoms in total. The third-order valence-corrected chi connectivity index (χ3v) is 4.03. The van der Waals surface area contributed by atoms with E-state index in [9.17, 15) is 12.8 Å². The number of nitrogens with two attached hydrogens (primary N) is 1. The highest BCUT2D eigenvalue weighted by Crippen LogP contribution is 2.22. The maximum absolute atomic E-state index is 13.0. The summed E-state index contributed by atoms with van der Waals surface area (Å²) in [6.07, 6.45) is 0. The van der Waals surface area contributed by atoms with Gasteiger partial charge in [-0.05, 0) is 42.5 Å². The highest BCUT2D eigenvalue weighted by Gasteiger charge is 2.15. The molecule has 0 amide bonds. The molecule has 0 saturated heterocycles. The molecule has 0 spiro atoms. The van der Waals surface area contributed by atoms with Crippen LogP contribution < -0.4 is 10.5 Å². The normalized spacial score (nSPS) is 11.3. The molecule has 0 radical (unpaired) electrons. The molecule has 2 aromatic carbocycles. The Morgan fingerprint density at radius 1 is 1.11 bits per heavy atom. The fourth-order valence-corrected chi connectivity index (χ4v) is 2.74. The first-order valence-corrected chi connectivity index (χ1v) is 7.08. The van der Waals surface area contributed by atoms with Crippen LogP contribution in [-0.4, -0.2) is 8.42 Å². The zero-order chi connectivity index (χ0) is 14.0. The van der Waals surface area contributed by atoms with Crippen molar-refractivity contribution in [2.24, 2.45) is 0 Å². The smallest absolute Gasteiger partial charge is 0.261 e. The van der Waals surface area contributed by atoms with Crippen molar-refractivity contribution in [3.63, 3.8) is 0 Å². The summed E-state index contributed by atoms with van der Waals surface area (Å²) >= 11 is 5.56. The highest BCUT2D eigenvalue weighted by molar-refractivity contribution is 7.92. The number of anilines is 2. The molecule has 0 fully saturated rings. The summed E-state index contributed by atoms with van der Waals surface area (Å²) in [6.45, 7) is 0. The number of hydrogen-bond donors (Lipinski definition) is 2. The van der Waals surface area contributed by atoms with Crippen molar-refractivity contribution >= 4 is 33.0 Å². The molecular formula is C12H10ClFN2O2S. The fourth-order valence-electron chi connectivity index (χ4n) is 1.41. The molecule has 0 bridgehead atoms. The average molecular weight is 301 g/mol. The van der Waals surface area contributed by atoms with Crippen molar-refractivity contribution in [1.29, 1.82) is 0 Å². The van der Waals surface area contributed by atoms with Crippen molar-refractivity contribution in [2.75, 3.05) is 10.5 Å². The predicted molar refractivity (Wildman–Crippen MR) is 73.1 cm³/mol. The van der Waals surface area contributed by atoms with Gasteiger partial charge in [-0.3, -0.25) is 4.72 Å². The number of hydrogen-bond acceptors (Lipinski definition) is 3. The molecule has 0 atom stereocenters. The van der Waals surface area contributed by atoms with Gasteiger partial charge >= 0.3 is 0 Å². The Bertz CT molecular complexity index is 702. The van der Waals surface area contributed by atoms with Gasteiger partial charge in [-0.15, -0.1) is 0 Å². The number of rotatable bonds is 3. The molecule has 0 unspecified atom stereocenters. The van der Waals surface area contributed by atoms with Crippen LogP contribution in [0.15, 0.2) is 47.4 Å². The molecule has 19 heavy (non-hydrogen) atoms. The van der Waals surface area contributed by atoms with Crippen LogP contribution in [0.2, 0.25) is 5.02 Å². The zero-order valence-corrected chi connectivity index (χ0v) is 11.2. The molecule has 0 saturated carbocycles. The van der Waals surface area contributed by atoms with E-state index in [0.717, 1.165) is 18.2 Å². The lowest BCUT2D eigenvalue weighted by atomic mass is 10.3. The Labute approximate surface area is 115 Å². The van der Waals surface area contributed by atoms with Crippen molar-refractivity contribution in [3.8, 4) is 0 Å². The van der Waals surface area contributed by atoms with Crippen LogP contribution in [0.5, 0.6) is 0 Å². The lowest BCUT2D eigenvalue weighted by Gasteiger charge is -2.08. The highest BCUT2D eigenvalue weighted by atomic mass is 35.5. The predicted octanol–water partition coefficient (Wildman–Crippen LogP) is 2.86. The van der Waals surface area contributed by atoms with Crippen molar-refractivity contribution in [2.45, 2.75) is 4.90 Å². The lowest BCUT2D eigenvalue weighted by molar-refractivity contribution is 0.599. The molecule has 2 rings (SSSR count). The molecule has 0 aliphatic rings. The molecule has 0 aromatic heterocycles. The summed E-state index contributed by atoms with van der Waals surface area (Å²) in [5.74, 6) is -0.673. The van der Waals surface area contributed by atoms with Gasteiger partial charge in [0.15, 0.2) is 0 Å². The Balaban J connectivity index is 2.32. The number of sulfonamides is 1. The molecule has 7 heteroatoms. The van der Waals surface area contributed by atoms with E-state index in [2.05, 4.69) is 4.72 Å². The maximum atomic E-state index is 13.0. The van der Waals surface area contributed by atoms with Crippen LogP contribution in [0.1, 0.15) is 0 Å². The van der Waals surface area contributed by atoms with Gasteiger partial charge in [0.05, 0.1) is 9.92 Å². The van der Waals surface area contributed by atoms with Gasteiger partial charge in [-0.1, -0.05) is 11.6 Å². The summed E-state index contributed by atoms with van der Waals surface area (Å²) in [4.78, 5) is -0.115.